The molecule has 0 aliphatic rings. The number of nitrogens with one attached hydrogen (secondary N) is 1. The van der Waals surface area contributed by atoms with Crippen LogP contribution in [-0.2, 0) is 4.79 Å². The Bertz CT molecular complexity index is 1270. The predicted octanol–water partition coefficient (Wildman–Crippen LogP) is 5.93. The first-order valence-electron chi connectivity index (χ1n) is 10.4. The van der Waals surface area contributed by atoms with Crippen molar-refractivity contribution in [2.75, 3.05) is 18.2 Å². The molecular weight excluding hydrogens is 452 g/mol. The van der Waals surface area contributed by atoms with Gasteiger partial charge in [0.2, 0.25) is 5.91 Å². The molecular formula is C25H24N4O2S2. The van der Waals surface area contributed by atoms with E-state index in [2.05, 4.69) is 21.6 Å². The number of hydrogen-bond donors (Lipinski definition) is 1. The van der Waals surface area contributed by atoms with Gasteiger partial charge in [-0.25, -0.2) is 4.98 Å². The number of aryl methyl sites for hydroxylation is 3. The van der Waals surface area contributed by atoms with Crippen molar-refractivity contribution in [1.29, 1.82) is 0 Å². The molecule has 0 saturated heterocycles. The highest BCUT2D eigenvalue weighted by atomic mass is 32.2. The quantitative estimate of drug-likeness (QED) is 0.333. The van der Waals surface area contributed by atoms with Crippen molar-refractivity contribution in [2.24, 2.45) is 0 Å². The number of thiazole rings is 1. The van der Waals surface area contributed by atoms with Gasteiger partial charge in [-0.1, -0.05) is 29.5 Å². The molecule has 4 rings (SSSR count). The highest BCUT2D eigenvalue weighted by Gasteiger charge is 2.14. The summed E-state index contributed by atoms with van der Waals surface area (Å²) in [5.74, 6) is 1.01. The highest BCUT2D eigenvalue weighted by molar-refractivity contribution is 7.99. The van der Waals surface area contributed by atoms with E-state index in [4.69, 9.17) is 9.72 Å². The average molecular weight is 477 g/mol. The topological polar surface area (TPSA) is 77.0 Å². The molecule has 0 saturated carbocycles. The number of carbonyl (C=O) groups is 1. The molecule has 6 nitrogen and oxygen atoms in total. The van der Waals surface area contributed by atoms with Gasteiger partial charge < -0.3 is 10.1 Å². The number of thioether (sulfide) groups is 1. The first kappa shape index (κ1) is 22.9. The molecule has 0 aliphatic carbocycles. The molecule has 1 amide bonds. The van der Waals surface area contributed by atoms with Crippen LogP contribution in [0.1, 0.15) is 16.8 Å². The third-order valence-corrected chi connectivity index (χ3v) is 7.16. The minimum Gasteiger partial charge on any atom is -0.497 e. The normalized spacial score (nSPS) is 10.8. The number of benzene rings is 2. The number of rotatable bonds is 7. The minimum atomic E-state index is -0.0692. The summed E-state index contributed by atoms with van der Waals surface area (Å²) in [5.41, 5.74) is 5.77. The fraction of sp³-hybridized carbons (Fsp3) is 0.200. The lowest BCUT2D eigenvalue weighted by Crippen LogP contribution is -2.15. The number of anilines is 1. The summed E-state index contributed by atoms with van der Waals surface area (Å²) in [4.78, 5) is 18.0. The molecule has 0 bridgehead atoms. The second kappa shape index (κ2) is 10.1. The molecule has 0 fully saturated rings. The van der Waals surface area contributed by atoms with Crippen LogP contribution in [0.4, 0.5) is 5.69 Å². The molecule has 2 aromatic carbocycles. The zero-order valence-electron chi connectivity index (χ0n) is 18.9. The number of methoxy groups -OCH3 is 1. The van der Waals surface area contributed by atoms with Crippen LogP contribution in [0.5, 0.6) is 5.75 Å². The molecule has 33 heavy (non-hydrogen) atoms. The van der Waals surface area contributed by atoms with Gasteiger partial charge in [0.05, 0.1) is 23.4 Å². The van der Waals surface area contributed by atoms with Crippen LogP contribution in [0, 0.1) is 20.8 Å². The summed E-state index contributed by atoms with van der Waals surface area (Å²) in [5, 5.41) is 13.3. The Kier molecular flexibility index (Phi) is 7.05. The molecule has 0 radical (unpaired) electrons. The maximum Gasteiger partial charge on any atom is 0.234 e. The summed E-state index contributed by atoms with van der Waals surface area (Å²) < 4.78 is 5.23. The van der Waals surface area contributed by atoms with E-state index in [1.165, 1.54) is 17.3 Å². The zero-order valence-corrected chi connectivity index (χ0v) is 20.5. The Labute approximate surface area is 201 Å². The first-order valence-corrected chi connectivity index (χ1v) is 12.2. The van der Waals surface area contributed by atoms with Crippen molar-refractivity contribution in [3.05, 3.63) is 71.4 Å². The van der Waals surface area contributed by atoms with Crippen molar-refractivity contribution in [2.45, 2.75) is 25.8 Å². The number of amides is 1. The molecule has 1 N–H and O–H groups in total. The van der Waals surface area contributed by atoms with Crippen LogP contribution in [0.2, 0.25) is 0 Å². The van der Waals surface area contributed by atoms with Gasteiger partial charge >= 0.3 is 0 Å². The van der Waals surface area contributed by atoms with Crippen molar-refractivity contribution in [1.82, 2.24) is 15.2 Å². The Morgan fingerprint density at radius 2 is 1.82 bits per heavy atom. The van der Waals surface area contributed by atoms with Crippen LogP contribution in [-0.4, -0.2) is 34.0 Å². The molecule has 4 aromatic rings. The lowest BCUT2D eigenvalue weighted by molar-refractivity contribution is -0.113. The van der Waals surface area contributed by atoms with E-state index >= 15 is 0 Å². The fourth-order valence-electron chi connectivity index (χ4n) is 3.29. The highest BCUT2D eigenvalue weighted by Crippen LogP contribution is 2.35. The molecule has 0 aliphatic heterocycles. The van der Waals surface area contributed by atoms with Gasteiger partial charge in [-0.05, 0) is 68.8 Å². The molecule has 0 spiro atoms. The van der Waals surface area contributed by atoms with Crippen LogP contribution in [0.25, 0.3) is 21.1 Å². The summed E-state index contributed by atoms with van der Waals surface area (Å²) >= 11 is 2.94. The van der Waals surface area contributed by atoms with Gasteiger partial charge in [0.25, 0.3) is 0 Å². The van der Waals surface area contributed by atoms with E-state index in [-0.39, 0.29) is 11.7 Å². The molecule has 0 unspecified atom stereocenters. The van der Waals surface area contributed by atoms with Crippen molar-refractivity contribution in [3.63, 3.8) is 0 Å². The Balaban J connectivity index is 1.40. The van der Waals surface area contributed by atoms with E-state index in [9.17, 15) is 4.79 Å². The lowest BCUT2D eigenvalue weighted by Gasteiger charge is -2.08. The SMILES string of the molecule is COc1ccc(-c2nc(C)c(-c3ccc(SCC(=O)Nc4ccc(C)cc4C)nn3)s2)cc1. The summed E-state index contributed by atoms with van der Waals surface area (Å²) in [6.07, 6.45) is 0. The average Bonchev–Trinajstić information content (AvgIpc) is 3.21. The van der Waals surface area contributed by atoms with Crippen LogP contribution in [0.3, 0.4) is 0 Å². The van der Waals surface area contributed by atoms with Crippen molar-refractivity contribution in [3.8, 4) is 26.9 Å². The maximum atomic E-state index is 12.3. The zero-order chi connectivity index (χ0) is 23.4. The summed E-state index contributed by atoms with van der Waals surface area (Å²) in [6.45, 7) is 5.99. The number of nitrogens with zero attached hydrogens (tertiary/aromatic N) is 3. The van der Waals surface area contributed by atoms with Crippen molar-refractivity contribution < 1.29 is 9.53 Å². The monoisotopic (exact) mass is 476 g/mol. The second-order valence-corrected chi connectivity index (χ2v) is 9.57. The van der Waals surface area contributed by atoms with Gasteiger partial charge in [0, 0.05) is 11.3 Å². The maximum absolute atomic E-state index is 12.3. The third kappa shape index (κ3) is 5.58. The first-order chi connectivity index (χ1) is 15.9. The van der Waals surface area contributed by atoms with Crippen molar-refractivity contribution >= 4 is 34.7 Å². The third-order valence-electron chi connectivity index (χ3n) is 5.01. The standard InChI is InChI=1S/C25H24N4O2S2/c1-15-5-10-20(16(2)13-15)27-22(30)14-32-23-12-11-21(28-29-23)24-17(3)26-25(33-24)18-6-8-19(31-4)9-7-18/h5-13H,14H2,1-4H3,(H,27,30). The largest absolute Gasteiger partial charge is 0.497 e. The van der Waals surface area contributed by atoms with Gasteiger partial charge in [-0.15, -0.1) is 21.5 Å². The number of carbonyl (C=O) groups excluding carboxylic acids is 1. The number of aromatic nitrogens is 3. The van der Waals surface area contributed by atoms with Gasteiger partial charge in [-0.2, -0.15) is 0 Å². The fourth-order valence-corrected chi connectivity index (χ4v) is 4.94. The Morgan fingerprint density at radius 3 is 2.48 bits per heavy atom. The number of ether oxygens (including phenoxy) is 1. The molecule has 168 valence electrons. The van der Waals surface area contributed by atoms with Crippen LogP contribution in [0.15, 0.2) is 59.6 Å². The Hall–Kier alpha value is -3.23. The van der Waals surface area contributed by atoms with Crippen LogP contribution >= 0.6 is 23.1 Å². The van der Waals surface area contributed by atoms with E-state index in [1.54, 1.807) is 18.4 Å². The van der Waals surface area contributed by atoms with E-state index in [0.717, 1.165) is 43.8 Å². The summed E-state index contributed by atoms with van der Waals surface area (Å²) in [6, 6.07) is 17.6. The summed E-state index contributed by atoms with van der Waals surface area (Å²) in [7, 11) is 1.65. The molecule has 2 aromatic heterocycles. The molecule has 8 heteroatoms. The molecule has 0 atom stereocenters. The minimum absolute atomic E-state index is 0.0692. The van der Waals surface area contributed by atoms with E-state index in [0.29, 0.717) is 5.03 Å². The van der Waals surface area contributed by atoms with E-state index < -0.39 is 0 Å². The van der Waals surface area contributed by atoms with E-state index in [1.807, 2.05) is 69.3 Å². The van der Waals surface area contributed by atoms with Gasteiger partial charge in [0.15, 0.2) is 0 Å². The van der Waals surface area contributed by atoms with Gasteiger partial charge in [0.1, 0.15) is 21.5 Å². The lowest BCUT2D eigenvalue weighted by atomic mass is 10.1. The van der Waals surface area contributed by atoms with Crippen LogP contribution < -0.4 is 10.1 Å². The predicted molar refractivity (Wildman–Crippen MR) is 135 cm³/mol. The second-order valence-electron chi connectivity index (χ2n) is 7.57. The Morgan fingerprint density at radius 1 is 1.03 bits per heavy atom. The number of hydrogen-bond acceptors (Lipinski definition) is 7. The smallest absolute Gasteiger partial charge is 0.234 e. The van der Waals surface area contributed by atoms with Gasteiger partial charge in [-0.3, -0.25) is 4.79 Å². The molecule has 2 heterocycles.